The highest BCUT2D eigenvalue weighted by Crippen LogP contribution is 2.50. The van der Waals surface area contributed by atoms with Crippen LogP contribution < -0.4 is 4.90 Å². The van der Waals surface area contributed by atoms with Gasteiger partial charge in [-0.3, -0.25) is 0 Å². The monoisotopic (exact) mass is 719 g/mol. The number of thiophene rings is 1. The molecule has 0 aliphatic heterocycles. The molecule has 0 radical (unpaired) electrons. The second-order valence-corrected chi connectivity index (χ2v) is 15.2. The molecule has 2 aromatic heterocycles. The average Bonchev–Trinajstić information content (AvgIpc) is 3.83. The van der Waals surface area contributed by atoms with Gasteiger partial charge >= 0.3 is 0 Å². The lowest BCUT2D eigenvalue weighted by Gasteiger charge is -2.27. The topological polar surface area (TPSA) is 16.4 Å². The van der Waals surface area contributed by atoms with E-state index < -0.39 is 0 Å². The van der Waals surface area contributed by atoms with Crippen LogP contribution in [0.1, 0.15) is 0 Å². The molecule has 0 saturated heterocycles. The largest absolute Gasteiger partial charge is 0.456 e. The number of hydrogen-bond donors (Lipinski definition) is 0. The summed E-state index contributed by atoms with van der Waals surface area (Å²) in [5, 5.41) is 7.12. The van der Waals surface area contributed by atoms with Crippen LogP contribution in [-0.4, -0.2) is 0 Å². The van der Waals surface area contributed by atoms with Gasteiger partial charge in [0.1, 0.15) is 11.2 Å². The van der Waals surface area contributed by atoms with E-state index in [4.69, 9.17) is 4.42 Å². The SMILES string of the molecule is c1ccc(-c2ccc3c(c2)oc2ccc(N(c4ccc5ccccc5c4)c4ccc(-c5ccccc5)c5sc6cc(-c7ccccc7)ccc6c45)cc23)cc1. The molecule has 0 bridgehead atoms. The molecule has 0 unspecified atom stereocenters. The van der Waals surface area contributed by atoms with Crippen molar-refractivity contribution in [1.82, 2.24) is 0 Å². The van der Waals surface area contributed by atoms with Gasteiger partial charge in [-0.25, -0.2) is 0 Å². The molecule has 3 heteroatoms. The fourth-order valence-corrected chi connectivity index (χ4v) is 9.46. The van der Waals surface area contributed by atoms with E-state index in [2.05, 4.69) is 205 Å². The van der Waals surface area contributed by atoms with Crippen molar-refractivity contribution in [3.8, 4) is 33.4 Å². The predicted molar refractivity (Wildman–Crippen MR) is 235 cm³/mol. The highest BCUT2D eigenvalue weighted by Gasteiger charge is 2.23. The molecule has 2 heterocycles. The van der Waals surface area contributed by atoms with Gasteiger partial charge in [0.25, 0.3) is 0 Å². The molecule has 0 saturated carbocycles. The first-order chi connectivity index (χ1) is 27.2. The maximum absolute atomic E-state index is 6.53. The average molecular weight is 720 g/mol. The quantitative estimate of drug-likeness (QED) is 0.170. The number of hydrogen-bond acceptors (Lipinski definition) is 3. The molecule has 0 spiro atoms. The van der Waals surface area contributed by atoms with Crippen LogP contribution in [0.2, 0.25) is 0 Å². The molecule has 0 aliphatic carbocycles. The van der Waals surface area contributed by atoms with E-state index in [9.17, 15) is 0 Å². The molecular formula is C52H33NOS. The maximum Gasteiger partial charge on any atom is 0.136 e. The smallest absolute Gasteiger partial charge is 0.136 e. The Balaban J connectivity index is 1.17. The van der Waals surface area contributed by atoms with Crippen LogP contribution in [-0.2, 0) is 0 Å². The van der Waals surface area contributed by atoms with Crippen molar-refractivity contribution < 1.29 is 4.42 Å². The summed E-state index contributed by atoms with van der Waals surface area (Å²) in [6, 6.07) is 72.2. The standard InChI is InChI=1S/C52H33NOS/c1-4-12-34(13-5-1)39-21-25-44-46-33-42(24-29-48(46)54-49(44)31-39)53(41-23-20-36-16-10-11-19-38(36)30-41)47-28-27-43(37-17-8-3-9-18-37)52-51(47)45-26-22-40(32-50(45)55-52)35-14-6-2-7-15-35/h1-33H. The summed E-state index contributed by atoms with van der Waals surface area (Å²) < 4.78 is 9.07. The van der Waals surface area contributed by atoms with Crippen LogP contribution >= 0.6 is 11.3 Å². The highest BCUT2D eigenvalue weighted by molar-refractivity contribution is 7.26. The first-order valence-electron chi connectivity index (χ1n) is 18.7. The summed E-state index contributed by atoms with van der Waals surface area (Å²) in [5.41, 5.74) is 12.3. The fourth-order valence-electron chi connectivity index (χ4n) is 8.16. The molecule has 0 amide bonds. The summed E-state index contributed by atoms with van der Waals surface area (Å²) in [4.78, 5) is 2.44. The van der Waals surface area contributed by atoms with Gasteiger partial charge in [0.05, 0.1) is 5.69 Å². The number of nitrogens with zero attached hydrogens (tertiary/aromatic N) is 1. The van der Waals surface area contributed by atoms with E-state index in [0.717, 1.165) is 44.6 Å². The minimum absolute atomic E-state index is 0.876. The van der Waals surface area contributed by atoms with E-state index in [-0.39, 0.29) is 0 Å². The van der Waals surface area contributed by atoms with Crippen LogP contribution in [0.3, 0.4) is 0 Å². The zero-order valence-corrected chi connectivity index (χ0v) is 30.6. The molecule has 0 fully saturated rings. The van der Waals surface area contributed by atoms with Crippen LogP contribution in [0.15, 0.2) is 205 Å². The minimum Gasteiger partial charge on any atom is -0.456 e. The van der Waals surface area contributed by atoms with Crippen LogP contribution in [0.4, 0.5) is 17.1 Å². The zero-order valence-electron chi connectivity index (χ0n) is 29.8. The first-order valence-corrected chi connectivity index (χ1v) is 19.5. The zero-order chi connectivity index (χ0) is 36.3. The fraction of sp³-hybridized carbons (Fsp3) is 0. The van der Waals surface area contributed by atoms with Gasteiger partial charge < -0.3 is 9.32 Å². The van der Waals surface area contributed by atoms with Crippen molar-refractivity contribution >= 4 is 81.3 Å². The predicted octanol–water partition coefficient (Wildman–Crippen LogP) is 15.6. The second-order valence-electron chi connectivity index (χ2n) is 14.1. The lowest BCUT2D eigenvalue weighted by Crippen LogP contribution is -2.10. The van der Waals surface area contributed by atoms with Crippen LogP contribution in [0.5, 0.6) is 0 Å². The van der Waals surface area contributed by atoms with Crippen molar-refractivity contribution in [3.05, 3.63) is 200 Å². The summed E-state index contributed by atoms with van der Waals surface area (Å²) in [6.45, 7) is 0. The third-order valence-corrected chi connectivity index (χ3v) is 12.0. The van der Waals surface area contributed by atoms with Gasteiger partial charge in [0.15, 0.2) is 0 Å². The van der Waals surface area contributed by atoms with Crippen LogP contribution in [0.25, 0.3) is 86.3 Å². The Morgan fingerprint density at radius 1 is 0.382 bits per heavy atom. The summed E-state index contributed by atoms with van der Waals surface area (Å²) in [7, 11) is 0. The van der Waals surface area contributed by atoms with Crippen molar-refractivity contribution in [2.24, 2.45) is 0 Å². The molecule has 0 atom stereocenters. The Bertz CT molecular complexity index is 3200. The Kier molecular flexibility index (Phi) is 7.39. The number of benzene rings is 9. The van der Waals surface area contributed by atoms with Gasteiger partial charge in [-0.1, -0.05) is 146 Å². The highest BCUT2D eigenvalue weighted by atomic mass is 32.1. The molecule has 11 rings (SSSR count). The molecule has 0 aliphatic rings. The Morgan fingerprint density at radius 2 is 1.00 bits per heavy atom. The molecule has 9 aromatic carbocycles. The third-order valence-electron chi connectivity index (χ3n) is 10.8. The van der Waals surface area contributed by atoms with Gasteiger partial charge in [-0.05, 0) is 98.8 Å². The van der Waals surface area contributed by atoms with Gasteiger partial charge in [0.2, 0.25) is 0 Å². The lowest BCUT2D eigenvalue weighted by atomic mass is 9.98. The van der Waals surface area contributed by atoms with Crippen molar-refractivity contribution in [3.63, 3.8) is 0 Å². The van der Waals surface area contributed by atoms with E-state index in [1.807, 2.05) is 11.3 Å². The Morgan fingerprint density at radius 3 is 1.75 bits per heavy atom. The van der Waals surface area contributed by atoms with Gasteiger partial charge in [-0.15, -0.1) is 11.3 Å². The molecule has 11 aromatic rings. The summed E-state index contributed by atoms with van der Waals surface area (Å²) in [5.74, 6) is 0. The molecule has 2 nitrogen and oxygen atoms in total. The summed E-state index contributed by atoms with van der Waals surface area (Å²) >= 11 is 1.88. The van der Waals surface area contributed by atoms with Gasteiger partial charge in [-0.2, -0.15) is 0 Å². The number of rotatable bonds is 6. The van der Waals surface area contributed by atoms with Crippen molar-refractivity contribution in [2.75, 3.05) is 4.90 Å². The number of fused-ring (bicyclic) bond motifs is 7. The molecule has 0 N–H and O–H groups in total. The number of anilines is 3. The molecule has 258 valence electrons. The van der Waals surface area contributed by atoms with Crippen molar-refractivity contribution in [2.45, 2.75) is 0 Å². The minimum atomic E-state index is 0.876. The third kappa shape index (κ3) is 5.40. The Labute approximate surface area is 322 Å². The lowest BCUT2D eigenvalue weighted by molar-refractivity contribution is 0.669. The maximum atomic E-state index is 6.53. The van der Waals surface area contributed by atoms with Crippen molar-refractivity contribution in [1.29, 1.82) is 0 Å². The second kappa shape index (κ2) is 12.9. The normalized spacial score (nSPS) is 11.6. The molecular weight excluding hydrogens is 687 g/mol. The van der Waals surface area contributed by atoms with E-state index >= 15 is 0 Å². The molecule has 55 heavy (non-hydrogen) atoms. The van der Waals surface area contributed by atoms with E-state index in [1.54, 1.807) is 0 Å². The number of furan rings is 1. The Hall–Kier alpha value is -6.94. The van der Waals surface area contributed by atoms with E-state index in [1.165, 1.54) is 58.8 Å². The van der Waals surface area contributed by atoms with E-state index in [0.29, 0.717) is 0 Å². The first kappa shape index (κ1) is 31.6. The van der Waals surface area contributed by atoms with Crippen LogP contribution in [0, 0.1) is 0 Å². The van der Waals surface area contributed by atoms with Gasteiger partial charge in [0, 0.05) is 42.3 Å². The summed E-state index contributed by atoms with van der Waals surface area (Å²) in [6.07, 6.45) is 0.